The van der Waals surface area contributed by atoms with Gasteiger partial charge in [-0.15, -0.1) is 10.2 Å². The van der Waals surface area contributed by atoms with Gasteiger partial charge in [0.1, 0.15) is 17.0 Å². The van der Waals surface area contributed by atoms with Crippen molar-refractivity contribution >= 4 is 28.6 Å². The molecule has 2 amide bonds. The molecule has 1 aliphatic rings. The number of oxazole rings is 1. The van der Waals surface area contributed by atoms with E-state index >= 15 is 0 Å². The van der Waals surface area contributed by atoms with Crippen molar-refractivity contribution in [3.63, 3.8) is 0 Å². The fourth-order valence-electron chi connectivity index (χ4n) is 4.93. The SMILES string of the molecule is CC(=O)Nc1ccc2oc(-c3ccnc(C(=O)N4CCN(C(c5ccc(F)cc5)c5nnn(C)n5)CC4)c3)nc2c1. The summed E-state index contributed by atoms with van der Waals surface area (Å²) < 4.78 is 19.5. The van der Waals surface area contributed by atoms with E-state index < -0.39 is 0 Å². The normalized spacial score (nSPS) is 14.8. The van der Waals surface area contributed by atoms with Crippen molar-refractivity contribution in [3.05, 3.63) is 83.7 Å². The highest BCUT2D eigenvalue weighted by molar-refractivity contribution is 5.94. The molecule has 0 saturated carbocycles. The van der Waals surface area contributed by atoms with Gasteiger partial charge in [0.05, 0.1) is 13.1 Å². The Morgan fingerprint density at radius 3 is 2.51 bits per heavy atom. The zero-order valence-electron chi connectivity index (χ0n) is 22.4. The summed E-state index contributed by atoms with van der Waals surface area (Å²) >= 11 is 0. The number of piperazine rings is 1. The van der Waals surface area contributed by atoms with Crippen LogP contribution in [0.5, 0.6) is 0 Å². The van der Waals surface area contributed by atoms with Gasteiger partial charge in [-0.05, 0) is 53.2 Å². The van der Waals surface area contributed by atoms with E-state index in [-0.39, 0.29) is 29.4 Å². The zero-order valence-corrected chi connectivity index (χ0v) is 22.4. The number of aromatic nitrogens is 6. The smallest absolute Gasteiger partial charge is 0.272 e. The average Bonchev–Trinajstić information content (AvgIpc) is 3.60. The van der Waals surface area contributed by atoms with Gasteiger partial charge in [-0.2, -0.15) is 4.80 Å². The Morgan fingerprint density at radius 1 is 1.02 bits per heavy atom. The lowest BCUT2D eigenvalue weighted by Crippen LogP contribution is -2.50. The molecule has 1 saturated heterocycles. The van der Waals surface area contributed by atoms with E-state index in [2.05, 4.69) is 35.6 Å². The number of nitrogens with one attached hydrogen (secondary N) is 1. The Labute approximate surface area is 233 Å². The summed E-state index contributed by atoms with van der Waals surface area (Å²) in [5, 5.41) is 15.3. The number of benzene rings is 2. The van der Waals surface area contributed by atoms with Crippen molar-refractivity contribution in [2.24, 2.45) is 7.05 Å². The fourth-order valence-corrected chi connectivity index (χ4v) is 4.93. The molecule has 0 aliphatic carbocycles. The van der Waals surface area contributed by atoms with E-state index in [1.54, 1.807) is 60.6 Å². The molecule has 208 valence electrons. The van der Waals surface area contributed by atoms with Crippen molar-refractivity contribution in [2.75, 3.05) is 31.5 Å². The molecule has 2 aromatic carbocycles. The van der Waals surface area contributed by atoms with Crippen LogP contribution >= 0.6 is 0 Å². The minimum Gasteiger partial charge on any atom is -0.436 e. The third kappa shape index (κ3) is 5.52. The lowest BCUT2D eigenvalue weighted by atomic mass is 10.0. The Kier molecular flexibility index (Phi) is 6.93. The van der Waals surface area contributed by atoms with E-state index in [1.807, 2.05) is 0 Å². The summed E-state index contributed by atoms with van der Waals surface area (Å²) in [6, 6.07) is 14.5. The molecule has 0 bridgehead atoms. The molecule has 3 aromatic heterocycles. The number of carbonyl (C=O) groups excluding carboxylic acids is 2. The number of rotatable bonds is 6. The summed E-state index contributed by atoms with van der Waals surface area (Å²) in [4.78, 5) is 39.0. The molecular weight excluding hydrogens is 529 g/mol. The van der Waals surface area contributed by atoms with Gasteiger partial charge in [0.25, 0.3) is 5.91 Å². The Bertz CT molecular complexity index is 1730. The number of carbonyl (C=O) groups is 2. The van der Waals surface area contributed by atoms with Gasteiger partial charge in [-0.1, -0.05) is 12.1 Å². The van der Waals surface area contributed by atoms with E-state index in [9.17, 15) is 14.0 Å². The van der Waals surface area contributed by atoms with Gasteiger partial charge in [0.2, 0.25) is 11.8 Å². The van der Waals surface area contributed by atoms with E-state index in [0.29, 0.717) is 60.2 Å². The monoisotopic (exact) mass is 555 g/mol. The molecule has 6 rings (SSSR count). The maximum atomic E-state index is 13.6. The number of amides is 2. The first kappa shape index (κ1) is 26.2. The van der Waals surface area contributed by atoms with Crippen LogP contribution in [0.3, 0.4) is 0 Å². The summed E-state index contributed by atoms with van der Waals surface area (Å²) in [5.41, 5.74) is 3.50. The molecular formula is C28H26FN9O3. The summed E-state index contributed by atoms with van der Waals surface area (Å²) in [7, 11) is 1.69. The zero-order chi connectivity index (χ0) is 28.5. The summed E-state index contributed by atoms with van der Waals surface area (Å²) in [6.45, 7) is 3.45. The molecule has 0 radical (unpaired) electrons. The largest absolute Gasteiger partial charge is 0.436 e. The minimum absolute atomic E-state index is 0.178. The molecule has 0 spiro atoms. The lowest BCUT2D eigenvalue weighted by Gasteiger charge is -2.38. The Balaban J connectivity index is 1.18. The first-order chi connectivity index (χ1) is 19.8. The van der Waals surface area contributed by atoms with Crippen LogP contribution in [0.15, 0.2) is 65.2 Å². The highest BCUT2D eigenvalue weighted by Crippen LogP contribution is 2.29. The predicted molar refractivity (Wildman–Crippen MR) is 146 cm³/mol. The molecule has 1 aliphatic heterocycles. The number of hydrogen-bond donors (Lipinski definition) is 1. The standard InChI is InChI=1S/C28H26FN9O3/c1-17(39)31-21-7-8-24-22(16-21)32-27(41-24)19-9-10-30-23(15-19)28(40)38-13-11-37(12-14-38)25(26-33-35-36(2)34-26)18-3-5-20(29)6-4-18/h3-10,15-16,25H,11-14H2,1-2H3,(H,31,39). The third-order valence-corrected chi connectivity index (χ3v) is 6.85. The van der Waals surface area contributed by atoms with Gasteiger partial charge in [-0.25, -0.2) is 9.37 Å². The van der Waals surface area contributed by atoms with E-state index in [1.165, 1.54) is 23.9 Å². The van der Waals surface area contributed by atoms with Crippen LogP contribution in [0.2, 0.25) is 0 Å². The van der Waals surface area contributed by atoms with Crippen molar-refractivity contribution in [3.8, 4) is 11.5 Å². The van der Waals surface area contributed by atoms with Gasteiger partial charge >= 0.3 is 0 Å². The minimum atomic E-state index is -0.326. The van der Waals surface area contributed by atoms with Crippen LogP contribution in [0, 0.1) is 5.82 Å². The topological polar surface area (TPSA) is 135 Å². The maximum absolute atomic E-state index is 13.6. The molecule has 5 aromatic rings. The third-order valence-electron chi connectivity index (χ3n) is 6.85. The molecule has 13 heteroatoms. The second-order valence-electron chi connectivity index (χ2n) is 9.73. The quantitative estimate of drug-likeness (QED) is 0.335. The maximum Gasteiger partial charge on any atom is 0.272 e. The van der Waals surface area contributed by atoms with Crippen LogP contribution in [-0.2, 0) is 11.8 Å². The predicted octanol–water partition coefficient (Wildman–Crippen LogP) is 3.06. The number of fused-ring (bicyclic) bond motifs is 1. The average molecular weight is 556 g/mol. The second kappa shape index (κ2) is 10.8. The number of halogens is 1. The van der Waals surface area contributed by atoms with Crippen molar-refractivity contribution in [2.45, 2.75) is 13.0 Å². The summed E-state index contributed by atoms with van der Waals surface area (Å²) in [6.07, 6.45) is 1.56. The van der Waals surface area contributed by atoms with E-state index in [4.69, 9.17) is 4.42 Å². The number of pyridine rings is 1. The molecule has 4 heterocycles. The van der Waals surface area contributed by atoms with Crippen molar-refractivity contribution < 1.29 is 18.4 Å². The summed E-state index contributed by atoms with van der Waals surface area (Å²) in [5.74, 6) is 0.155. The van der Waals surface area contributed by atoms with Crippen LogP contribution < -0.4 is 5.32 Å². The first-order valence-electron chi connectivity index (χ1n) is 13.0. The molecule has 1 unspecified atom stereocenters. The van der Waals surface area contributed by atoms with Crippen LogP contribution in [0.25, 0.3) is 22.6 Å². The molecule has 1 fully saturated rings. The van der Waals surface area contributed by atoms with Crippen molar-refractivity contribution in [1.29, 1.82) is 0 Å². The fraction of sp³-hybridized carbons (Fsp3) is 0.250. The number of hydrogen-bond acceptors (Lipinski definition) is 9. The van der Waals surface area contributed by atoms with Gasteiger partial charge in [0, 0.05) is 50.6 Å². The van der Waals surface area contributed by atoms with Gasteiger partial charge in [0.15, 0.2) is 11.4 Å². The number of aryl methyl sites for hydroxylation is 1. The Hall–Kier alpha value is -5.04. The number of nitrogens with zero attached hydrogens (tertiary/aromatic N) is 8. The van der Waals surface area contributed by atoms with Crippen LogP contribution in [-0.4, -0.2) is 78.0 Å². The van der Waals surface area contributed by atoms with Gasteiger partial charge in [-0.3, -0.25) is 19.5 Å². The molecule has 12 nitrogen and oxygen atoms in total. The van der Waals surface area contributed by atoms with E-state index in [0.717, 1.165) is 5.56 Å². The highest BCUT2D eigenvalue weighted by atomic mass is 19.1. The molecule has 1 N–H and O–H groups in total. The number of tetrazole rings is 1. The highest BCUT2D eigenvalue weighted by Gasteiger charge is 2.31. The van der Waals surface area contributed by atoms with Crippen LogP contribution in [0.4, 0.5) is 10.1 Å². The van der Waals surface area contributed by atoms with Crippen molar-refractivity contribution in [1.82, 2.24) is 40.0 Å². The molecule has 1 atom stereocenters. The van der Waals surface area contributed by atoms with Gasteiger partial charge < -0.3 is 14.6 Å². The molecule has 41 heavy (non-hydrogen) atoms. The van der Waals surface area contributed by atoms with Crippen LogP contribution in [0.1, 0.15) is 34.8 Å². The lowest BCUT2D eigenvalue weighted by molar-refractivity contribution is -0.114. The second-order valence-corrected chi connectivity index (χ2v) is 9.73. The Morgan fingerprint density at radius 2 is 1.80 bits per heavy atom. The number of anilines is 1. The first-order valence-corrected chi connectivity index (χ1v) is 13.0.